The van der Waals surface area contributed by atoms with Gasteiger partial charge < -0.3 is 10.1 Å². The number of ether oxygens (including phenoxy) is 1. The molecule has 1 aromatic heterocycles. The first kappa shape index (κ1) is 17.0. The summed E-state index contributed by atoms with van der Waals surface area (Å²) in [5, 5.41) is 3.42. The predicted octanol–water partition coefficient (Wildman–Crippen LogP) is 3.43. The van der Waals surface area contributed by atoms with Gasteiger partial charge in [0.2, 0.25) is 0 Å². The van der Waals surface area contributed by atoms with Crippen molar-refractivity contribution in [3.05, 3.63) is 16.5 Å². The highest BCUT2D eigenvalue weighted by atomic mass is 35.5. The summed E-state index contributed by atoms with van der Waals surface area (Å²) in [6.45, 7) is 7.77. The topological polar surface area (TPSA) is 47.0 Å². The lowest BCUT2D eigenvalue weighted by Gasteiger charge is -2.19. The summed E-state index contributed by atoms with van der Waals surface area (Å²) >= 11 is 6.09. The quantitative estimate of drug-likeness (QED) is 0.646. The summed E-state index contributed by atoms with van der Waals surface area (Å²) in [5.74, 6) is 1.24. The molecule has 4 nitrogen and oxygen atoms in total. The van der Waals surface area contributed by atoms with Crippen molar-refractivity contribution in [1.29, 1.82) is 0 Å². The molecule has 0 saturated carbocycles. The van der Waals surface area contributed by atoms with Crippen molar-refractivity contribution in [2.75, 3.05) is 25.1 Å². The molecule has 0 spiro atoms. The van der Waals surface area contributed by atoms with Gasteiger partial charge in [-0.25, -0.2) is 18.7 Å². The average Bonchev–Trinajstić information content (AvgIpc) is 2.31. The minimum absolute atomic E-state index is 0.177. The molecule has 7 heteroatoms. The Hall–Kier alpha value is -1.01. The number of alkyl halides is 2. The molecule has 0 aromatic carbocycles. The number of nitrogens with one attached hydrogen (secondary N) is 1. The summed E-state index contributed by atoms with van der Waals surface area (Å²) in [6.07, 6.45) is -2.45. The van der Waals surface area contributed by atoms with Gasteiger partial charge in [-0.1, -0.05) is 32.4 Å². The van der Waals surface area contributed by atoms with Crippen LogP contribution >= 0.6 is 11.6 Å². The molecule has 1 N–H and O–H groups in total. The van der Waals surface area contributed by atoms with Gasteiger partial charge in [0, 0.05) is 17.5 Å². The van der Waals surface area contributed by atoms with Crippen LogP contribution in [0.1, 0.15) is 32.2 Å². The van der Waals surface area contributed by atoms with Gasteiger partial charge in [-0.3, -0.25) is 0 Å². The maximum absolute atomic E-state index is 11.9. The molecule has 0 amide bonds. The van der Waals surface area contributed by atoms with Crippen molar-refractivity contribution in [1.82, 2.24) is 9.97 Å². The molecular formula is C13H20ClF2N3O. The lowest BCUT2D eigenvalue weighted by molar-refractivity contribution is 0.0214. The van der Waals surface area contributed by atoms with Crippen molar-refractivity contribution in [2.24, 2.45) is 0 Å². The molecule has 114 valence electrons. The van der Waals surface area contributed by atoms with Gasteiger partial charge >= 0.3 is 0 Å². The first-order valence-corrected chi connectivity index (χ1v) is 6.74. The van der Waals surface area contributed by atoms with Gasteiger partial charge in [-0.15, -0.1) is 0 Å². The smallest absolute Gasteiger partial charge is 0.261 e. The first-order chi connectivity index (χ1) is 9.21. The summed E-state index contributed by atoms with van der Waals surface area (Å²) in [5.41, 5.74) is 0.508. The fourth-order valence-corrected chi connectivity index (χ4v) is 1.58. The van der Waals surface area contributed by atoms with E-state index in [0.717, 1.165) is 5.56 Å². The van der Waals surface area contributed by atoms with Crippen molar-refractivity contribution < 1.29 is 13.5 Å². The summed E-state index contributed by atoms with van der Waals surface area (Å²) in [4.78, 5) is 8.68. The minimum Gasteiger partial charge on any atom is -0.374 e. The molecule has 1 aromatic rings. The highest BCUT2D eigenvalue weighted by Gasteiger charge is 2.20. The van der Waals surface area contributed by atoms with E-state index in [2.05, 4.69) is 15.3 Å². The molecule has 0 aliphatic carbocycles. The van der Waals surface area contributed by atoms with E-state index >= 15 is 0 Å². The fraction of sp³-hybridized carbons (Fsp3) is 0.692. The normalized spacial score (nSPS) is 12.0. The summed E-state index contributed by atoms with van der Waals surface area (Å²) in [6, 6.07) is 0. The number of anilines is 1. The fourth-order valence-electron chi connectivity index (χ4n) is 1.41. The van der Waals surface area contributed by atoms with Crippen LogP contribution in [0.2, 0.25) is 5.15 Å². The van der Waals surface area contributed by atoms with Crippen molar-refractivity contribution in [3.8, 4) is 0 Å². The Balaban J connectivity index is 2.67. The molecule has 0 saturated heterocycles. The molecule has 0 fully saturated rings. The van der Waals surface area contributed by atoms with Gasteiger partial charge in [0.15, 0.2) is 0 Å². The van der Waals surface area contributed by atoms with E-state index in [-0.39, 0.29) is 12.0 Å². The van der Waals surface area contributed by atoms with E-state index in [9.17, 15) is 8.78 Å². The molecule has 0 radical (unpaired) electrons. The van der Waals surface area contributed by atoms with Crippen LogP contribution in [0.15, 0.2) is 0 Å². The SMILES string of the molecule is Cc1c(Cl)nc(C(C)(C)C)nc1NCCOCC(F)F. The lowest BCUT2D eigenvalue weighted by Crippen LogP contribution is -2.20. The van der Waals surface area contributed by atoms with Crippen LogP contribution in [-0.4, -0.2) is 36.2 Å². The third-order valence-corrected chi connectivity index (χ3v) is 2.91. The molecular weight excluding hydrogens is 288 g/mol. The Kier molecular flexibility index (Phi) is 6.07. The van der Waals surface area contributed by atoms with Crippen molar-refractivity contribution in [2.45, 2.75) is 39.5 Å². The number of hydrogen-bond donors (Lipinski definition) is 1. The molecule has 0 atom stereocenters. The summed E-state index contributed by atoms with van der Waals surface area (Å²) in [7, 11) is 0. The van der Waals surface area contributed by atoms with Gasteiger partial charge in [0.05, 0.1) is 6.61 Å². The Bertz CT molecular complexity index is 450. The average molecular weight is 308 g/mol. The zero-order chi connectivity index (χ0) is 15.3. The first-order valence-electron chi connectivity index (χ1n) is 6.36. The largest absolute Gasteiger partial charge is 0.374 e. The van der Waals surface area contributed by atoms with E-state index < -0.39 is 13.0 Å². The van der Waals surface area contributed by atoms with Gasteiger partial charge in [-0.2, -0.15) is 0 Å². The van der Waals surface area contributed by atoms with Crippen LogP contribution in [0.5, 0.6) is 0 Å². The molecule has 1 heterocycles. The van der Waals surface area contributed by atoms with E-state index in [4.69, 9.17) is 16.3 Å². The van der Waals surface area contributed by atoms with Gasteiger partial charge in [0.1, 0.15) is 23.4 Å². The third-order valence-electron chi connectivity index (χ3n) is 2.54. The standard InChI is InChI=1S/C13H20ClF2N3O/c1-8-10(14)18-12(13(2,3)4)19-11(8)17-5-6-20-7-9(15)16/h9H,5-7H2,1-4H3,(H,17,18,19). The van der Waals surface area contributed by atoms with Crippen LogP contribution < -0.4 is 5.32 Å². The van der Waals surface area contributed by atoms with Crippen molar-refractivity contribution in [3.63, 3.8) is 0 Å². The second-order valence-electron chi connectivity index (χ2n) is 5.45. The predicted molar refractivity (Wildman–Crippen MR) is 75.8 cm³/mol. The molecule has 0 unspecified atom stereocenters. The number of nitrogens with zero attached hydrogens (tertiary/aromatic N) is 2. The maximum atomic E-state index is 11.9. The van der Waals surface area contributed by atoms with Gasteiger partial charge in [-0.05, 0) is 6.92 Å². The summed E-state index contributed by atoms with van der Waals surface area (Å²) < 4.78 is 28.6. The third kappa shape index (κ3) is 5.17. The number of rotatable bonds is 6. The maximum Gasteiger partial charge on any atom is 0.261 e. The monoisotopic (exact) mass is 307 g/mol. The van der Waals surface area contributed by atoms with Gasteiger partial charge in [0.25, 0.3) is 6.43 Å². The lowest BCUT2D eigenvalue weighted by atomic mass is 9.95. The van der Waals surface area contributed by atoms with E-state index in [1.807, 2.05) is 20.8 Å². The highest BCUT2D eigenvalue weighted by Crippen LogP contribution is 2.25. The van der Waals surface area contributed by atoms with Crippen LogP contribution in [-0.2, 0) is 10.2 Å². The Morgan fingerprint density at radius 1 is 1.30 bits per heavy atom. The van der Waals surface area contributed by atoms with E-state index in [1.54, 1.807) is 6.92 Å². The Labute approximate surface area is 122 Å². The molecule has 0 bridgehead atoms. The zero-order valence-electron chi connectivity index (χ0n) is 12.1. The zero-order valence-corrected chi connectivity index (χ0v) is 12.9. The van der Waals surface area contributed by atoms with Crippen LogP contribution in [0.4, 0.5) is 14.6 Å². The number of hydrogen-bond acceptors (Lipinski definition) is 4. The minimum atomic E-state index is -2.45. The second-order valence-corrected chi connectivity index (χ2v) is 5.81. The van der Waals surface area contributed by atoms with Crippen LogP contribution in [0, 0.1) is 6.92 Å². The van der Waals surface area contributed by atoms with Crippen LogP contribution in [0.3, 0.4) is 0 Å². The number of aromatic nitrogens is 2. The molecule has 0 aliphatic rings. The van der Waals surface area contributed by atoms with E-state index in [0.29, 0.717) is 23.3 Å². The highest BCUT2D eigenvalue weighted by molar-refractivity contribution is 6.30. The molecule has 20 heavy (non-hydrogen) atoms. The second kappa shape index (κ2) is 7.13. The molecule has 0 aliphatic heterocycles. The van der Waals surface area contributed by atoms with Crippen LogP contribution in [0.25, 0.3) is 0 Å². The van der Waals surface area contributed by atoms with E-state index in [1.165, 1.54) is 0 Å². The number of halogens is 3. The van der Waals surface area contributed by atoms with Crippen molar-refractivity contribution >= 4 is 17.4 Å². The molecule has 1 rings (SSSR count). The Morgan fingerprint density at radius 3 is 2.50 bits per heavy atom. The Morgan fingerprint density at radius 2 is 1.95 bits per heavy atom.